The van der Waals surface area contributed by atoms with Gasteiger partial charge in [-0.05, 0) is 68.7 Å². The minimum absolute atomic E-state index is 0.000297. The van der Waals surface area contributed by atoms with Crippen LogP contribution in [0.3, 0.4) is 0 Å². The highest BCUT2D eigenvalue weighted by molar-refractivity contribution is 5.84. The number of carbonyl (C=O) groups is 2. The molecule has 31 heavy (non-hydrogen) atoms. The third-order valence-electron chi connectivity index (χ3n) is 7.04. The number of piperidine rings is 2. The Hall–Kier alpha value is -2.70. The van der Waals surface area contributed by atoms with E-state index in [1.54, 1.807) is 19.1 Å². The number of nitrogens with zero attached hydrogens (tertiary/aromatic N) is 3. The van der Waals surface area contributed by atoms with Crippen molar-refractivity contribution in [3.63, 3.8) is 0 Å². The van der Waals surface area contributed by atoms with Crippen molar-refractivity contribution < 1.29 is 14.0 Å². The standard InChI is InChI=1S/C24H31FN4O2/c1-17-16-26-27-22(17)21-5-3-4-12-29(21)23(31)24(10-13-28(14-11-24)18(2)30)15-19-6-8-20(25)9-7-19/h6-9,16,21H,3-5,10-15H2,1-2H3,(H,26,27)/t21-/m0/s1. The van der Waals surface area contributed by atoms with Crippen molar-refractivity contribution in [1.29, 1.82) is 0 Å². The van der Waals surface area contributed by atoms with Gasteiger partial charge in [-0.25, -0.2) is 4.39 Å². The predicted molar refractivity (Wildman–Crippen MR) is 116 cm³/mol. The second kappa shape index (κ2) is 8.81. The van der Waals surface area contributed by atoms with Gasteiger partial charge in [-0.15, -0.1) is 0 Å². The summed E-state index contributed by atoms with van der Waals surface area (Å²) in [5, 5.41) is 7.30. The molecular formula is C24H31FN4O2. The van der Waals surface area contributed by atoms with E-state index in [1.807, 2.05) is 22.9 Å². The molecule has 1 atom stereocenters. The van der Waals surface area contributed by atoms with Crippen LogP contribution < -0.4 is 0 Å². The number of H-pyrrole nitrogens is 1. The summed E-state index contributed by atoms with van der Waals surface area (Å²) in [6.07, 6.45) is 6.59. The van der Waals surface area contributed by atoms with Crippen LogP contribution in [-0.4, -0.2) is 51.4 Å². The van der Waals surface area contributed by atoms with Gasteiger partial charge in [-0.1, -0.05) is 12.1 Å². The van der Waals surface area contributed by atoms with Crippen LogP contribution in [0.1, 0.15) is 61.9 Å². The van der Waals surface area contributed by atoms with Gasteiger partial charge >= 0.3 is 0 Å². The van der Waals surface area contributed by atoms with E-state index in [0.717, 1.165) is 42.6 Å². The van der Waals surface area contributed by atoms with Gasteiger partial charge in [0, 0.05) is 26.6 Å². The number of aromatic nitrogens is 2. The average molecular weight is 427 g/mol. The number of hydrogen-bond acceptors (Lipinski definition) is 3. The lowest BCUT2D eigenvalue weighted by Crippen LogP contribution is -2.53. The highest BCUT2D eigenvalue weighted by Crippen LogP contribution is 2.41. The Kier molecular flexibility index (Phi) is 6.12. The maximum absolute atomic E-state index is 14.2. The Bertz CT molecular complexity index is 931. The van der Waals surface area contributed by atoms with E-state index in [0.29, 0.717) is 32.4 Å². The first kappa shape index (κ1) is 21.5. The van der Waals surface area contributed by atoms with Crippen LogP contribution in [0.5, 0.6) is 0 Å². The first-order valence-corrected chi connectivity index (χ1v) is 11.2. The van der Waals surface area contributed by atoms with Crippen LogP contribution in [-0.2, 0) is 16.0 Å². The third-order valence-corrected chi connectivity index (χ3v) is 7.04. The summed E-state index contributed by atoms with van der Waals surface area (Å²) in [6, 6.07) is 6.45. The fraction of sp³-hybridized carbons (Fsp3) is 0.542. The molecule has 0 aliphatic carbocycles. The summed E-state index contributed by atoms with van der Waals surface area (Å²) < 4.78 is 13.5. The van der Waals surface area contributed by atoms with Gasteiger partial charge in [0.15, 0.2) is 0 Å². The topological polar surface area (TPSA) is 69.3 Å². The molecule has 2 amide bonds. The molecule has 0 unspecified atom stereocenters. The van der Waals surface area contributed by atoms with Crippen molar-refractivity contribution in [2.75, 3.05) is 19.6 Å². The smallest absolute Gasteiger partial charge is 0.229 e. The highest BCUT2D eigenvalue weighted by Gasteiger charge is 2.46. The predicted octanol–water partition coefficient (Wildman–Crippen LogP) is 3.78. The van der Waals surface area contributed by atoms with Crippen molar-refractivity contribution in [3.05, 3.63) is 53.1 Å². The fourth-order valence-electron chi connectivity index (χ4n) is 5.18. The number of likely N-dealkylation sites (tertiary alicyclic amines) is 2. The van der Waals surface area contributed by atoms with Crippen LogP contribution in [0.25, 0.3) is 0 Å². The Balaban J connectivity index is 1.65. The Labute approximate surface area is 182 Å². The summed E-state index contributed by atoms with van der Waals surface area (Å²) in [4.78, 5) is 29.9. The molecule has 7 heteroatoms. The van der Waals surface area contributed by atoms with Gasteiger partial charge in [0.05, 0.1) is 23.3 Å². The molecule has 2 aliphatic rings. The van der Waals surface area contributed by atoms with Crippen LogP contribution in [0.2, 0.25) is 0 Å². The number of aryl methyl sites for hydroxylation is 1. The summed E-state index contributed by atoms with van der Waals surface area (Å²) in [5.74, 6) is -0.0770. The molecule has 1 N–H and O–H groups in total. The van der Waals surface area contributed by atoms with Crippen molar-refractivity contribution >= 4 is 11.8 Å². The van der Waals surface area contributed by atoms with E-state index in [-0.39, 0.29) is 23.7 Å². The number of rotatable bonds is 4. The Morgan fingerprint density at radius 2 is 1.87 bits per heavy atom. The average Bonchev–Trinajstić information content (AvgIpc) is 3.21. The van der Waals surface area contributed by atoms with Crippen molar-refractivity contribution in [3.8, 4) is 0 Å². The molecule has 2 aliphatic heterocycles. The van der Waals surface area contributed by atoms with E-state index in [4.69, 9.17) is 0 Å². The minimum Gasteiger partial charge on any atom is -0.343 e. The van der Waals surface area contributed by atoms with Crippen molar-refractivity contribution in [1.82, 2.24) is 20.0 Å². The Morgan fingerprint density at radius 1 is 1.16 bits per heavy atom. The lowest BCUT2D eigenvalue weighted by molar-refractivity contribution is -0.151. The van der Waals surface area contributed by atoms with Crippen molar-refractivity contribution in [2.24, 2.45) is 5.41 Å². The maximum atomic E-state index is 14.2. The van der Waals surface area contributed by atoms with Gasteiger partial charge in [-0.2, -0.15) is 5.10 Å². The molecule has 0 bridgehead atoms. The number of amides is 2. The first-order chi connectivity index (χ1) is 14.9. The molecule has 2 fully saturated rings. The Morgan fingerprint density at radius 3 is 2.48 bits per heavy atom. The number of aromatic amines is 1. The number of halogens is 1. The molecule has 0 radical (unpaired) electrons. The summed E-state index contributed by atoms with van der Waals surface area (Å²) in [7, 11) is 0. The van der Waals surface area contributed by atoms with E-state index in [1.165, 1.54) is 12.1 Å². The monoisotopic (exact) mass is 426 g/mol. The molecule has 0 spiro atoms. The highest BCUT2D eigenvalue weighted by atomic mass is 19.1. The van der Waals surface area contributed by atoms with Crippen LogP contribution >= 0.6 is 0 Å². The molecule has 0 saturated carbocycles. The zero-order valence-corrected chi connectivity index (χ0v) is 18.4. The van der Waals surface area contributed by atoms with Gasteiger partial charge in [0.2, 0.25) is 11.8 Å². The molecule has 2 aromatic rings. The van der Waals surface area contributed by atoms with Crippen LogP contribution in [0.15, 0.2) is 30.5 Å². The molecule has 166 valence electrons. The number of benzene rings is 1. The van der Waals surface area contributed by atoms with Crippen molar-refractivity contribution in [2.45, 2.75) is 58.4 Å². The number of nitrogens with one attached hydrogen (secondary N) is 1. The summed E-state index contributed by atoms with van der Waals surface area (Å²) in [6.45, 7) is 5.48. The van der Waals surface area contributed by atoms with E-state index in [9.17, 15) is 14.0 Å². The van der Waals surface area contributed by atoms with Gasteiger partial charge in [-0.3, -0.25) is 14.7 Å². The quantitative estimate of drug-likeness (QED) is 0.809. The molecule has 3 heterocycles. The SMILES string of the molecule is CC(=O)N1CCC(Cc2ccc(F)cc2)(C(=O)N2CCCC[C@H]2c2[nH]ncc2C)CC1. The van der Waals surface area contributed by atoms with Gasteiger partial charge in [0.1, 0.15) is 5.82 Å². The lowest BCUT2D eigenvalue weighted by Gasteiger charge is -2.46. The van der Waals surface area contributed by atoms with Gasteiger partial charge < -0.3 is 9.80 Å². The fourth-order valence-corrected chi connectivity index (χ4v) is 5.18. The number of carbonyl (C=O) groups excluding carboxylic acids is 2. The second-order valence-corrected chi connectivity index (χ2v) is 9.07. The van der Waals surface area contributed by atoms with Gasteiger partial charge in [0.25, 0.3) is 0 Å². The summed E-state index contributed by atoms with van der Waals surface area (Å²) >= 11 is 0. The minimum atomic E-state index is -0.590. The van der Waals surface area contributed by atoms with Crippen LogP contribution in [0.4, 0.5) is 4.39 Å². The lowest BCUT2D eigenvalue weighted by atomic mass is 9.72. The first-order valence-electron chi connectivity index (χ1n) is 11.2. The largest absolute Gasteiger partial charge is 0.343 e. The van der Waals surface area contributed by atoms with E-state index < -0.39 is 5.41 Å². The normalized spacial score (nSPS) is 21.2. The maximum Gasteiger partial charge on any atom is 0.229 e. The third kappa shape index (κ3) is 4.36. The molecule has 2 saturated heterocycles. The molecule has 4 rings (SSSR count). The zero-order chi connectivity index (χ0) is 22.0. The van der Waals surface area contributed by atoms with Crippen LogP contribution in [0, 0.1) is 18.2 Å². The molecule has 6 nitrogen and oxygen atoms in total. The zero-order valence-electron chi connectivity index (χ0n) is 18.4. The van der Waals surface area contributed by atoms with E-state index in [2.05, 4.69) is 10.2 Å². The molecule has 1 aromatic carbocycles. The molecule has 1 aromatic heterocycles. The number of hydrogen-bond donors (Lipinski definition) is 1. The van der Waals surface area contributed by atoms with E-state index >= 15 is 0 Å². The second-order valence-electron chi connectivity index (χ2n) is 9.07. The molecular weight excluding hydrogens is 395 g/mol. The summed E-state index contributed by atoms with van der Waals surface area (Å²) in [5.41, 5.74) is 2.46.